The summed E-state index contributed by atoms with van der Waals surface area (Å²) in [4.78, 5) is 2.43. The summed E-state index contributed by atoms with van der Waals surface area (Å²) in [6.07, 6.45) is 5.54. The largest absolute Gasteiger partial charge is 0.311 e. The zero-order valence-corrected chi connectivity index (χ0v) is 8.48. The fourth-order valence-corrected chi connectivity index (χ4v) is 3.16. The van der Waals surface area contributed by atoms with Gasteiger partial charge in [-0.25, -0.2) is 0 Å². The van der Waals surface area contributed by atoms with Crippen LogP contribution in [0.15, 0.2) is 0 Å². The van der Waals surface area contributed by atoms with E-state index < -0.39 is 0 Å². The minimum Gasteiger partial charge on any atom is -0.311 e. The van der Waals surface area contributed by atoms with E-state index in [0.717, 1.165) is 6.54 Å². The van der Waals surface area contributed by atoms with Gasteiger partial charge in [-0.1, -0.05) is 6.92 Å². The topological polar surface area (TPSA) is 15.3 Å². The Bertz CT molecular complexity index is 180. The Kier molecular flexibility index (Phi) is 1.74. The van der Waals surface area contributed by atoms with E-state index in [2.05, 4.69) is 31.2 Å². The van der Waals surface area contributed by atoms with Crippen LogP contribution < -0.4 is 5.32 Å². The first kappa shape index (κ1) is 8.52. The Hall–Kier alpha value is -0.0800. The standard InChI is InChI=1S/C10H20N2/c1-4-11-9-5-6-10(7-9,8-9)12(2)3/h11H,4-8H2,1-3H3. The van der Waals surface area contributed by atoms with E-state index in [9.17, 15) is 0 Å². The van der Waals surface area contributed by atoms with Crippen molar-refractivity contribution in [1.29, 1.82) is 0 Å². The lowest BCUT2D eigenvalue weighted by Crippen LogP contribution is -2.61. The Morgan fingerprint density at radius 3 is 2.33 bits per heavy atom. The van der Waals surface area contributed by atoms with Crippen molar-refractivity contribution in [3.63, 3.8) is 0 Å². The lowest BCUT2D eigenvalue weighted by molar-refractivity contribution is 0.0370. The van der Waals surface area contributed by atoms with Crippen LogP contribution in [0.4, 0.5) is 0 Å². The molecule has 0 aliphatic heterocycles. The first-order valence-corrected chi connectivity index (χ1v) is 5.05. The molecule has 0 heterocycles. The van der Waals surface area contributed by atoms with Crippen molar-refractivity contribution in [2.45, 2.75) is 43.7 Å². The van der Waals surface area contributed by atoms with Crippen LogP contribution >= 0.6 is 0 Å². The molecule has 0 aromatic rings. The Labute approximate surface area is 75.3 Å². The molecule has 0 aromatic heterocycles. The van der Waals surface area contributed by atoms with Gasteiger partial charge in [0.15, 0.2) is 0 Å². The van der Waals surface area contributed by atoms with Gasteiger partial charge >= 0.3 is 0 Å². The number of rotatable bonds is 3. The molecule has 70 valence electrons. The zero-order valence-electron chi connectivity index (χ0n) is 8.48. The molecule has 0 atom stereocenters. The Morgan fingerprint density at radius 1 is 1.25 bits per heavy atom. The SMILES string of the molecule is CCNC12CCC(N(C)C)(C1)C2. The van der Waals surface area contributed by atoms with Crippen LogP contribution in [0.2, 0.25) is 0 Å². The van der Waals surface area contributed by atoms with E-state index in [1.54, 1.807) is 0 Å². The maximum atomic E-state index is 3.64. The molecule has 3 fully saturated rings. The van der Waals surface area contributed by atoms with Crippen LogP contribution in [0.5, 0.6) is 0 Å². The number of hydrogen-bond acceptors (Lipinski definition) is 2. The number of fused-ring (bicyclic) bond motifs is 1. The molecule has 3 rings (SSSR count). The summed E-state index contributed by atoms with van der Waals surface area (Å²) < 4.78 is 0. The molecule has 2 bridgehead atoms. The Balaban J connectivity index is 2.00. The summed E-state index contributed by atoms with van der Waals surface area (Å²) >= 11 is 0. The fourth-order valence-electron chi connectivity index (χ4n) is 3.16. The summed E-state index contributed by atoms with van der Waals surface area (Å²) in [6.45, 7) is 3.34. The molecule has 0 aromatic carbocycles. The van der Waals surface area contributed by atoms with Crippen LogP contribution in [0, 0.1) is 0 Å². The lowest BCUT2D eigenvalue weighted by atomic mass is 9.70. The van der Waals surface area contributed by atoms with E-state index in [1.807, 2.05) is 0 Å². The van der Waals surface area contributed by atoms with Gasteiger partial charge < -0.3 is 10.2 Å². The molecule has 0 saturated heterocycles. The van der Waals surface area contributed by atoms with Gasteiger partial charge in [0.1, 0.15) is 0 Å². The quantitative estimate of drug-likeness (QED) is 0.681. The van der Waals surface area contributed by atoms with Gasteiger partial charge in [-0.2, -0.15) is 0 Å². The summed E-state index contributed by atoms with van der Waals surface area (Å²) in [6, 6.07) is 0. The molecule has 12 heavy (non-hydrogen) atoms. The smallest absolute Gasteiger partial charge is 0.0239 e. The maximum absolute atomic E-state index is 3.64. The van der Waals surface area contributed by atoms with E-state index in [4.69, 9.17) is 0 Å². The van der Waals surface area contributed by atoms with Crippen LogP contribution in [0.1, 0.15) is 32.6 Å². The third-order valence-corrected chi connectivity index (χ3v) is 3.90. The molecule has 3 aliphatic rings. The van der Waals surface area contributed by atoms with Crippen molar-refractivity contribution in [3.05, 3.63) is 0 Å². The summed E-state index contributed by atoms with van der Waals surface area (Å²) in [7, 11) is 4.45. The van der Waals surface area contributed by atoms with E-state index in [1.165, 1.54) is 25.7 Å². The van der Waals surface area contributed by atoms with E-state index >= 15 is 0 Å². The molecule has 0 radical (unpaired) electrons. The van der Waals surface area contributed by atoms with E-state index in [-0.39, 0.29) is 0 Å². The fraction of sp³-hybridized carbons (Fsp3) is 1.00. The van der Waals surface area contributed by atoms with Gasteiger partial charge in [0.25, 0.3) is 0 Å². The normalized spacial score (nSPS) is 45.0. The second-order valence-corrected chi connectivity index (χ2v) is 4.78. The molecule has 2 heteroatoms. The van der Waals surface area contributed by atoms with Gasteiger partial charge in [0, 0.05) is 11.1 Å². The highest BCUT2D eigenvalue weighted by Gasteiger charge is 2.61. The minimum atomic E-state index is 0.541. The highest BCUT2D eigenvalue weighted by molar-refractivity contribution is 5.20. The first-order chi connectivity index (χ1) is 5.63. The van der Waals surface area contributed by atoms with Gasteiger partial charge in [-0.05, 0) is 46.3 Å². The average Bonchev–Trinajstić information content (AvgIpc) is 2.42. The monoisotopic (exact) mass is 168 g/mol. The van der Waals surface area contributed by atoms with Crippen molar-refractivity contribution in [2.75, 3.05) is 20.6 Å². The molecule has 1 N–H and O–H groups in total. The summed E-state index contributed by atoms with van der Waals surface area (Å²) in [5, 5.41) is 3.64. The minimum absolute atomic E-state index is 0.541. The summed E-state index contributed by atoms with van der Waals surface area (Å²) in [5.74, 6) is 0. The highest BCUT2D eigenvalue weighted by Crippen LogP contribution is 2.57. The van der Waals surface area contributed by atoms with Crippen LogP contribution in [-0.2, 0) is 0 Å². The van der Waals surface area contributed by atoms with Gasteiger partial charge in [0.05, 0.1) is 0 Å². The second-order valence-electron chi connectivity index (χ2n) is 4.78. The average molecular weight is 168 g/mol. The zero-order chi connectivity index (χ0) is 8.82. The van der Waals surface area contributed by atoms with Crippen molar-refractivity contribution < 1.29 is 0 Å². The number of nitrogens with zero attached hydrogens (tertiary/aromatic N) is 1. The van der Waals surface area contributed by atoms with Crippen molar-refractivity contribution in [3.8, 4) is 0 Å². The van der Waals surface area contributed by atoms with Gasteiger partial charge in [0.2, 0.25) is 0 Å². The predicted octanol–water partition coefficient (Wildman–Crippen LogP) is 1.22. The van der Waals surface area contributed by atoms with Gasteiger partial charge in [-0.15, -0.1) is 0 Å². The predicted molar refractivity (Wildman–Crippen MR) is 51.3 cm³/mol. The molecule has 0 unspecified atom stereocenters. The highest BCUT2D eigenvalue weighted by atomic mass is 15.2. The number of hydrogen-bond donors (Lipinski definition) is 1. The maximum Gasteiger partial charge on any atom is 0.0239 e. The molecular formula is C10H20N2. The molecule has 0 spiro atoms. The summed E-state index contributed by atoms with van der Waals surface area (Å²) in [5.41, 5.74) is 1.11. The van der Waals surface area contributed by atoms with Crippen molar-refractivity contribution in [1.82, 2.24) is 10.2 Å². The van der Waals surface area contributed by atoms with Crippen LogP contribution in [-0.4, -0.2) is 36.6 Å². The second kappa shape index (κ2) is 2.46. The van der Waals surface area contributed by atoms with Gasteiger partial charge in [-0.3, -0.25) is 0 Å². The molecular weight excluding hydrogens is 148 g/mol. The third kappa shape index (κ3) is 0.944. The molecule has 3 saturated carbocycles. The van der Waals surface area contributed by atoms with Crippen molar-refractivity contribution in [2.24, 2.45) is 0 Å². The molecule has 2 nitrogen and oxygen atoms in total. The molecule has 3 aliphatic carbocycles. The van der Waals surface area contributed by atoms with Crippen LogP contribution in [0.25, 0.3) is 0 Å². The number of nitrogens with one attached hydrogen (secondary N) is 1. The lowest BCUT2D eigenvalue weighted by Gasteiger charge is -2.51. The van der Waals surface area contributed by atoms with E-state index in [0.29, 0.717) is 11.1 Å². The molecule has 0 amide bonds. The first-order valence-electron chi connectivity index (χ1n) is 5.05. The van der Waals surface area contributed by atoms with Crippen LogP contribution in [0.3, 0.4) is 0 Å². The Morgan fingerprint density at radius 2 is 1.92 bits per heavy atom. The van der Waals surface area contributed by atoms with Crippen molar-refractivity contribution >= 4 is 0 Å². The third-order valence-electron chi connectivity index (χ3n) is 3.90.